The van der Waals surface area contributed by atoms with Gasteiger partial charge in [-0.2, -0.15) is 0 Å². The minimum Gasteiger partial charge on any atom is -0.422 e. The molecule has 0 N–H and O–H groups in total. The van der Waals surface area contributed by atoms with Crippen LogP contribution in [0, 0.1) is 0 Å². The normalized spacial score (nSPS) is 28.0. The number of hydrogen-bond acceptors (Lipinski definition) is 3. The van der Waals surface area contributed by atoms with Crippen molar-refractivity contribution in [2.24, 2.45) is 0 Å². The zero-order chi connectivity index (χ0) is 12.2. The zero-order valence-electron chi connectivity index (χ0n) is 9.50. The van der Waals surface area contributed by atoms with E-state index in [1.54, 1.807) is 6.07 Å². The first-order valence-corrected chi connectivity index (χ1v) is 5.87. The molecule has 0 unspecified atom stereocenters. The Morgan fingerprint density at radius 1 is 0.944 bits per heavy atom. The van der Waals surface area contributed by atoms with Crippen molar-refractivity contribution in [2.45, 2.75) is 11.9 Å². The maximum Gasteiger partial charge on any atom is 0.341 e. The van der Waals surface area contributed by atoms with E-state index in [4.69, 9.17) is 9.47 Å². The van der Waals surface area contributed by atoms with Crippen LogP contribution in [0.5, 0.6) is 0 Å². The largest absolute Gasteiger partial charge is 0.422 e. The van der Waals surface area contributed by atoms with Gasteiger partial charge < -0.3 is 9.47 Å². The molecule has 3 heteroatoms. The molecule has 0 bridgehead atoms. The Labute approximate surface area is 104 Å². The van der Waals surface area contributed by atoms with Crippen LogP contribution in [0.3, 0.4) is 0 Å². The summed E-state index contributed by atoms with van der Waals surface area (Å²) in [4.78, 5) is 11.8. The first-order chi connectivity index (χ1) is 8.81. The van der Waals surface area contributed by atoms with Crippen LogP contribution in [-0.4, -0.2) is 5.97 Å². The average molecular weight is 238 g/mol. The van der Waals surface area contributed by atoms with Crippen LogP contribution in [0.1, 0.15) is 27.6 Å². The molecule has 4 rings (SSSR count). The van der Waals surface area contributed by atoms with Crippen molar-refractivity contribution in [3.8, 4) is 0 Å². The maximum absolute atomic E-state index is 11.8. The molecular formula is C15H10O3. The lowest BCUT2D eigenvalue weighted by atomic mass is 9.99. The van der Waals surface area contributed by atoms with Gasteiger partial charge in [-0.1, -0.05) is 48.5 Å². The Morgan fingerprint density at radius 3 is 2.50 bits per heavy atom. The summed E-state index contributed by atoms with van der Waals surface area (Å²) < 4.78 is 11.1. The molecule has 0 aliphatic carbocycles. The smallest absolute Gasteiger partial charge is 0.341 e. The number of hydrogen-bond donors (Lipinski definition) is 0. The maximum atomic E-state index is 11.8. The van der Waals surface area contributed by atoms with Gasteiger partial charge in [0.25, 0.3) is 5.79 Å². The van der Waals surface area contributed by atoms with Crippen molar-refractivity contribution in [1.82, 2.24) is 0 Å². The number of rotatable bonds is 1. The first-order valence-electron chi connectivity index (χ1n) is 5.87. The summed E-state index contributed by atoms with van der Waals surface area (Å²) >= 11 is 0. The molecule has 2 aliphatic heterocycles. The number of benzene rings is 2. The van der Waals surface area contributed by atoms with Gasteiger partial charge in [0.05, 0.1) is 5.56 Å². The van der Waals surface area contributed by atoms with Crippen LogP contribution >= 0.6 is 0 Å². The predicted octanol–water partition coefficient (Wildman–Crippen LogP) is 2.78. The molecule has 1 saturated heterocycles. The first kappa shape index (κ1) is 9.85. The van der Waals surface area contributed by atoms with Gasteiger partial charge in [-0.25, -0.2) is 4.79 Å². The third-order valence-electron chi connectivity index (χ3n) is 3.45. The number of carbonyl (C=O) groups excluding carboxylic acids is 1. The molecule has 0 saturated carbocycles. The molecule has 0 radical (unpaired) electrons. The standard InChI is InChI=1S/C15H10O3/c16-14-11-8-4-5-9-12(11)15(18-14)13(17-15)10-6-2-1-3-7-10/h1-9,13H/t13-,15+/m1/s1. The van der Waals surface area contributed by atoms with Crippen LogP contribution in [0.4, 0.5) is 0 Å². The molecule has 2 heterocycles. The fourth-order valence-corrected chi connectivity index (χ4v) is 2.55. The van der Waals surface area contributed by atoms with Crippen molar-refractivity contribution in [3.63, 3.8) is 0 Å². The molecule has 1 fully saturated rings. The Morgan fingerprint density at radius 2 is 1.67 bits per heavy atom. The van der Waals surface area contributed by atoms with Crippen LogP contribution < -0.4 is 0 Å². The van der Waals surface area contributed by atoms with E-state index in [0.29, 0.717) is 5.56 Å². The van der Waals surface area contributed by atoms with Gasteiger partial charge in [0.1, 0.15) is 0 Å². The monoisotopic (exact) mass is 238 g/mol. The third kappa shape index (κ3) is 1.14. The second-order valence-corrected chi connectivity index (χ2v) is 4.51. The predicted molar refractivity (Wildman–Crippen MR) is 63.8 cm³/mol. The number of ether oxygens (including phenoxy) is 2. The van der Waals surface area contributed by atoms with Crippen molar-refractivity contribution in [2.75, 3.05) is 0 Å². The summed E-state index contributed by atoms with van der Waals surface area (Å²) in [5, 5.41) is 0. The van der Waals surface area contributed by atoms with Crippen molar-refractivity contribution >= 4 is 5.97 Å². The molecule has 0 amide bonds. The fraction of sp³-hybridized carbons (Fsp3) is 0.133. The molecule has 2 atom stereocenters. The van der Waals surface area contributed by atoms with Gasteiger partial charge in [-0.05, 0) is 11.6 Å². The summed E-state index contributed by atoms with van der Waals surface area (Å²) in [5.74, 6) is -1.18. The molecule has 0 aromatic heterocycles. The highest BCUT2D eigenvalue weighted by Gasteiger charge is 2.67. The number of esters is 1. The van der Waals surface area contributed by atoms with E-state index < -0.39 is 5.79 Å². The summed E-state index contributed by atoms with van der Waals surface area (Å²) in [6.07, 6.45) is -0.189. The summed E-state index contributed by atoms with van der Waals surface area (Å²) in [6.45, 7) is 0. The number of carbonyl (C=O) groups is 1. The van der Waals surface area contributed by atoms with E-state index in [1.165, 1.54) is 0 Å². The van der Waals surface area contributed by atoms with E-state index in [2.05, 4.69) is 0 Å². The summed E-state index contributed by atoms with van der Waals surface area (Å²) in [6, 6.07) is 17.2. The highest BCUT2D eigenvalue weighted by Crippen LogP contribution is 2.61. The van der Waals surface area contributed by atoms with Gasteiger partial charge in [0, 0.05) is 5.56 Å². The minimum absolute atomic E-state index is 0.189. The highest BCUT2D eigenvalue weighted by molar-refractivity contribution is 5.95. The Balaban J connectivity index is 1.79. The summed E-state index contributed by atoms with van der Waals surface area (Å²) in [5.41, 5.74) is 2.47. The molecule has 3 nitrogen and oxygen atoms in total. The van der Waals surface area contributed by atoms with E-state index in [1.807, 2.05) is 48.5 Å². The second-order valence-electron chi connectivity index (χ2n) is 4.51. The van der Waals surface area contributed by atoms with Gasteiger partial charge in [-0.15, -0.1) is 0 Å². The van der Waals surface area contributed by atoms with Crippen LogP contribution in [0.25, 0.3) is 0 Å². The van der Waals surface area contributed by atoms with Crippen molar-refractivity contribution in [1.29, 1.82) is 0 Å². The topological polar surface area (TPSA) is 38.8 Å². The quantitative estimate of drug-likeness (QED) is 0.566. The van der Waals surface area contributed by atoms with Crippen molar-refractivity contribution in [3.05, 3.63) is 71.3 Å². The van der Waals surface area contributed by atoms with Gasteiger partial charge in [0.15, 0.2) is 6.10 Å². The zero-order valence-corrected chi connectivity index (χ0v) is 9.50. The van der Waals surface area contributed by atoms with Crippen molar-refractivity contribution < 1.29 is 14.3 Å². The second kappa shape index (κ2) is 3.21. The van der Waals surface area contributed by atoms with E-state index in [9.17, 15) is 4.79 Å². The van der Waals surface area contributed by atoms with Gasteiger partial charge in [-0.3, -0.25) is 0 Å². The fourth-order valence-electron chi connectivity index (χ4n) is 2.55. The molecular weight excluding hydrogens is 228 g/mol. The third-order valence-corrected chi connectivity index (χ3v) is 3.45. The Hall–Kier alpha value is -2.13. The van der Waals surface area contributed by atoms with E-state index in [-0.39, 0.29) is 12.1 Å². The lowest BCUT2D eigenvalue weighted by Crippen LogP contribution is -2.09. The minimum atomic E-state index is -0.880. The van der Waals surface area contributed by atoms with Gasteiger partial charge >= 0.3 is 5.97 Å². The number of fused-ring (bicyclic) bond motifs is 2. The van der Waals surface area contributed by atoms with Gasteiger partial charge in [0.2, 0.25) is 0 Å². The number of epoxide rings is 1. The Bertz CT molecular complexity index is 635. The molecule has 2 aromatic rings. The molecule has 2 aliphatic rings. The SMILES string of the molecule is O=C1O[C@@]2(O[C@@H]2c2ccccc2)c2ccccc21. The molecule has 18 heavy (non-hydrogen) atoms. The van der Waals surface area contributed by atoms with Crippen LogP contribution in [0.15, 0.2) is 54.6 Å². The van der Waals surface area contributed by atoms with E-state index in [0.717, 1.165) is 11.1 Å². The molecule has 1 spiro atoms. The highest BCUT2D eigenvalue weighted by atomic mass is 16.8. The average Bonchev–Trinajstić information content (AvgIpc) is 3.07. The van der Waals surface area contributed by atoms with Crippen LogP contribution in [0.2, 0.25) is 0 Å². The molecule has 88 valence electrons. The van der Waals surface area contributed by atoms with E-state index >= 15 is 0 Å². The molecule has 2 aromatic carbocycles. The summed E-state index contributed by atoms with van der Waals surface area (Å²) in [7, 11) is 0. The Kier molecular flexibility index (Phi) is 1.76. The lowest BCUT2D eigenvalue weighted by molar-refractivity contribution is -0.00812. The lowest BCUT2D eigenvalue weighted by Gasteiger charge is -2.04. The van der Waals surface area contributed by atoms with Crippen LogP contribution in [-0.2, 0) is 15.3 Å².